The molecular formula is C12H15NO3. The fourth-order valence-electron chi connectivity index (χ4n) is 1.34. The topological polar surface area (TPSA) is 58.6 Å². The molecule has 16 heavy (non-hydrogen) atoms. The number of hydrogen-bond donors (Lipinski definition) is 2. The molecule has 0 spiro atoms. The van der Waals surface area contributed by atoms with Crippen LogP contribution < -0.4 is 5.48 Å². The first-order chi connectivity index (χ1) is 7.75. The fraction of sp³-hybridized carbons (Fsp3) is 0.417. The van der Waals surface area contributed by atoms with Crippen LogP contribution in [0.4, 0.5) is 4.79 Å². The maximum atomic E-state index is 9.77. The molecule has 0 radical (unpaired) electrons. The average molecular weight is 221 g/mol. The van der Waals surface area contributed by atoms with E-state index in [1.165, 1.54) is 30.4 Å². The predicted octanol–water partition coefficient (Wildman–Crippen LogP) is 2.19. The van der Waals surface area contributed by atoms with E-state index in [2.05, 4.69) is 29.1 Å². The molecule has 1 amide bonds. The molecule has 2 N–H and O–H groups in total. The highest BCUT2D eigenvalue weighted by atomic mass is 16.7. The highest BCUT2D eigenvalue weighted by molar-refractivity contribution is 5.62. The Kier molecular flexibility index (Phi) is 3.41. The summed E-state index contributed by atoms with van der Waals surface area (Å²) < 4.78 is 0. The van der Waals surface area contributed by atoms with E-state index in [0.717, 1.165) is 0 Å². The Morgan fingerprint density at radius 1 is 1.38 bits per heavy atom. The minimum Gasteiger partial charge on any atom is -0.464 e. The molecule has 4 nitrogen and oxygen atoms in total. The van der Waals surface area contributed by atoms with Crippen molar-refractivity contribution < 1.29 is 14.7 Å². The minimum absolute atomic E-state index is 0.520. The number of amides is 1. The van der Waals surface area contributed by atoms with E-state index >= 15 is 0 Å². The van der Waals surface area contributed by atoms with E-state index in [1.807, 2.05) is 5.48 Å². The van der Waals surface area contributed by atoms with E-state index < -0.39 is 6.09 Å². The van der Waals surface area contributed by atoms with E-state index in [-0.39, 0.29) is 0 Å². The molecule has 0 heterocycles. The number of hydrogen-bond acceptors (Lipinski definition) is 2. The van der Waals surface area contributed by atoms with Crippen LogP contribution in [-0.2, 0) is 11.3 Å². The molecule has 2 aliphatic carbocycles. The highest BCUT2D eigenvalue weighted by Gasteiger charge is 2.21. The second-order valence-corrected chi connectivity index (χ2v) is 4.11. The van der Waals surface area contributed by atoms with E-state index in [1.54, 1.807) is 0 Å². The number of rotatable bonds is 3. The number of nitrogens with one attached hydrogen (secondary N) is 1. The van der Waals surface area contributed by atoms with Crippen LogP contribution in [0.3, 0.4) is 0 Å². The lowest BCUT2D eigenvalue weighted by Gasteiger charge is -1.97. The summed E-state index contributed by atoms with van der Waals surface area (Å²) in [6.45, 7) is 0.520. The first kappa shape index (κ1) is 11.0. The molecule has 1 saturated carbocycles. The molecule has 4 heteroatoms. The largest absolute Gasteiger partial charge is 0.464 e. The summed E-state index contributed by atoms with van der Waals surface area (Å²) in [6.07, 6.45) is 2.45. The van der Waals surface area contributed by atoms with Crippen LogP contribution in [0.1, 0.15) is 24.0 Å². The predicted molar refractivity (Wildman–Crippen MR) is 59.1 cm³/mol. The van der Waals surface area contributed by atoms with Gasteiger partial charge in [0.2, 0.25) is 0 Å². The maximum Gasteiger partial charge on any atom is 0.428 e. The van der Waals surface area contributed by atoms with Crippen molar-refractivity contribution in [3.05, 3.63) is 35.4 Å². The number of carbonyl (C=O) groups is 1. The smallest absolute Gasteiger partial charge is 0.428 e. The second kappa shape index (κ2) is 4.99. The third-order valence-electron chi connectivity index (χ3n) is 2.55. The van der Waals surface area contributed by atoms with Crippen molar-refractivity contribution in [2.75, 3.05) is 6.61 Å². The Hall–Kier alpha value is -1.55. The molecule has 0 aliphatic heterocycles. The van der Waals surface area contributed by atoms with Crippen molar-refractivity contribution in [3.63, 3.8) is 0 Å². The van der Waals surface area contributed by atoms with Crippen molar-refractivity contribution >= 4 is 6.09 Å². The fourth-order valence-corrected chi connectivity index (χ4v) is 1.34. The van der Waals surface area contributed by atoms with Gasteiger partial charge in [-0.3, -0.25) is 4.84 Å². The summed E-state index contributed by atoms with van der Waals surface area (Å²) in [5.41, 5.74) is 4.89. The summed E-state index contributed by atoms with van der Waals surface area (Å²) in [5.74, 6) is 0.594. The summed E-state index contributed by atoms with van der Waals surface area (Å²) in [5, 5.41) is 8.01. The van der Waals surface area contributed by atoms with Crippen LogP contribution in [0.5, 0.6) is 0 Å². The van der Waals surface area contributed by atoms with Crippen molar-refractivity contribution in [2.24, 2.45) is 5.92 Å². The molecule has 0 aromatic heterocycles. The Morgan fingerprint density at radius 3 is 2.44 bits per heavy atom. The van der Waals surface area contributed by atoms with Crippen molar-refractivity contribution in [1.29, 1.82) is 0 Å². The van der Waals surface area contributed by atoms with Gasteiger partial charge in [0.05, 0.1) is 6.61 Å². The van der Waals surface area contributed by atoms with Gasteiger partial charge in [-0.1, -0.05) is 24.3 Å². The van der Waals surface area contributed by atoms with Gasteiger partial charge in [0.25, 0.3) is 0 Å². The quantitative estimate of drug-likeness (QED) is 0.781. The average Bonchev–Trinajstić information content (AvgIpc) is 3.13. The van der Waals surface area contributed by atoms with Crippen molar-refractivity contribution in [1.82, 2.24) is 5.48 Å². The first-order valence-electron chi connectivity index (χ1n) is 5.43. The van der Waals surface area contributed by atoms with Gasteiger partial charge in [-0.15, -0.1) is 0 Å². The molecule has 2 aliphatic rings. The summed E-state index contributed by atoms with van der Waals surface area (Å²) in [7, 11) is 0. The Bertz CT molecular complexity index is 353. The van der Waals surface area contributed by atoms with Gasteiger partial charge in [0, 0.05) is 0 Å². The summed E-state index contributed by atoms with van der Waals surface area (Å²) in [4.78, 5) is 14.3. The molecule has 1 aromatic carbocycles. The van der Waals surface area contributed by atoms with Gasteiger partial charge in [-0.2, -0.15) is 5.48 Å². The summed E-state index contributed by atoms with van der Waals surface area (Å²) >= 11 is 0. The molecular weight excluding hydrogens is 206 g/mol. The zero-order valence-electron chi connectivity index (χ0n) is 8.98. The van der Waals surface area contributed by atoms with E-state index in [0.29, 0.717) is 12.5 Å². The van der Waals surface area contributed by atoms with E-state index in [9.17, 15) is 4.79 Å². The van der Waals surface area contributed by atoms with E-state index in [4.69, 9.17) is 5.11 Å². The molecule has 1 aromatic rings. The Balaban J connectivity index is 0.000000123. The van der Waals surface area contributed by atoms with Crippen LogP contribution >= 0.6 is 0 Å². The van der Waals surface area contributed by atoms with Crippen molar-refractivity contribution in [3.8, 4) is 0 Å². The third-order valence-corrected chi connectivity index (χ3v) is 2.55. The lowest BCUT2D eigenvalue weighted by Crippen LogP contribution is -2.22. The highest BCUT2D eigenvalue weighted by Crippen LogP contribution is 2.28. The van der Waals surface area contributed by atoms with Crippen LogP contribution in [-0.4, -0.2) is 17.8 Å². The second-order valence-electron chi connectivity index (χ2n) is 4.11. The SMILES string of the molecule is O=C(O)NOCC1CC1.c1ccc2c(c1)C2. The van der Waals surface area contributed by atoms with Gasteiger partial charge in [-0.05, 0) is 36.3 Å². The molecule has 1 fully saturated rings. The van der Waals surface area contributed by atoms with Crippen LogP contribution in [0.25, 0.3) is 0 Å². The lowest BCUT2D eigenvalue weighted by molar-refractivity contribution is 0.0363. The first-order valence-corrected chi connectivity index (χ1v) is 5.43. The third kappa shape index (κ3) is 3.90. The van der Waals surface area contributed by atoms with Crippen LogP contribution in [0, 0.1) is 5.92 Å². The van der Waals surface area contributed by atoms with Crippen molar-refractivity contribution in [2.45, 2.75) is 19.3 Å². The molecule has 86 valence electrons. The molecule has 3 rings (SSSR count). The van der Waals surface area contributed by atoms with Gasteiger partial charge in [-0.25, -0.2) is 4.79 Å². The Morgan fingerprint density at radius 2 is 2.00 bits per heavy atom. The van der Waals surface area contributed by atoms with Crippen LogP contribution in [0.2, 0.25) is 0 Å². The maximum absolute atomic E-state index is 9.77. The van der Waals surface area contributed by atoms with Gasteiger partial charge >= 0.3 is 6.09 Å². The van der Waals surface area contributed by atoms with Gasteiger partial charge < -0.3 is 5.11 Å². The molecule has 0 atom stereocenters. The normalized spacial score (nSPS) is 15.5. The van der Waals surface area contributed by atoms with Crippen LogP contribution in [0.15, 0.2) is 24.3 Å². The number of fused-ring (bicyclic) bond motifs is 1. The Labute approximate surface area is 94.2 Å². The molecule has 0 bridgehead atoms. The van der Waals surface area contributed by atoms with Gasteiger partial charge in [0.15, 0.2) is 0 Å². The van der Waals surface area contributed by atoms with Gasteiger partial charge in [0.1, 0.15) is 0 Å². The summed E-state index contributed by atoms with van der Waals surface area (Å²) in [6, 6.07) is 8.53. The lowest BCUT2D eigenvalue weighted by atomic mass is 10.4. The minimum atomic E-state index is -1.13. The molecule has 0 unspecified atom stereocenters. The number of benzene rings is 1. The number of hydroxylamine groups is 1. The molecule has 0 saturated heterocycles. The zero-order chi connectivity index (χ0) is 11.4. The number of carboxylic acid groups (broad SMARTS) is 1. The standard InChI is InChI=1S/C7H6.C5H9NO3/c1-2-4-7-5-6(7)3-1;7-5(8)6-9-3-4-1-2-4/h1-4H,5H2;4,6H,1-3H2,(H,7,8). The zero-order valence-corrected chi connectivity index (χ0v) is 8.98. The monoisotopic (exact) mass is 221 g/mol.